The van der Waals surface area contributed by atoms with Crippen LogP contribution in [0.3, 0.4) is 0 Å². The Morgan fingerprint density at radius 2 is 2.07 bits per heavy atom. The van der Waals surface area contributed by atoms with E-state index in [1.54, 1.807) is 13.2 Å². The van der Waals surface area contributed by atoms with Gasteiger partial charge in [0, 0.05) is 38.3 Å². The molecule has 0 spiro atoms. The molecule has 1 fully saturated rings. The predicted octanol–water partition coefficient (Wildman–Crippen LogP) is 4.49. The lowest BCUT2D eigenvalue weighted by molar-refractivity contribution is -0.0835. The van der Waals surface area contributed by atoms with Gasteiger partial charge in [-0.3, -0.25) is 0 Å². The van der Waals surface area contributed by atoms with Gasteiger partial charge in [-0.25, -0.2) is 9.38 Å². The number of hydrogen-bond acceptors (Lipinski definition) is 3. The summed E-state index contributed by atoms with van der Waals surface area (Å²) in [5, 5.41) is 6.77. The van der Waals surface area contributed by atoms with Crippen molar-refractivity contribution in [3.8, 4) is 0 Å². The maximum atomic E-state index is 13.8. The highest BCUT2D eigenvalue weighted by Crippen LogP contribution is 2.33. The van der Waals surface area contributed by atoms with E-state index in [9.17, 15) is 4.39 Å². The molecule has 0 bridgehead atoms. The number of halogens is 2. The van der Waals surface area contributed by atoms with Crippen LogP contribution in [-0.4, -0.2) is 38.9 Å². The van der Waals surface area contributed by atoms with Gasteiger partial charge in [-0.15, -0.1) is 24.0 Å². The fourth-order valence-electron chi connectivity index (χ4n) is 3.74. The van der Waals surface area contributed by atoms with Crippen molar-refractivity contribution in [1.29, 1.82) is 0 Å². The van der Waals surface area contributed by atoms with E-state index >= 15 is 0 Å². The second-order valence-electron chi connectivity index (χ2n) is 8.49. The Hall–Kier alpha value is -0.930. The van der Waals surface area contributed by atoms with Crippen LogP contribution in [0.1, 0.15) is 51.7 Å². The van der Waals surface area contributed by atoms with Crippen molar-refractivity contribution in [2.24, 2.45) is 16.3 Å². The Balaban J connectivity index is 0.00000420. The minimum absolute atomic E-state index is 0. The van der Waals surface area contributed by atoms with Crippen LogP contribution in [0.25, 0.3) is 0 Å². The molecule has 1 aromatic rings. The molecular formula is C22H37FIN3O2. The summed E-state index contributed by atoms with van der Waals surface area (Å²) in [7, 11) is 1.57. The number of nitrogens with one attached hydrogen (secondary N) is 2. The number of aliphatic imine (C=N–C) groups is 1. The molecule has 0 aromatic heterocycles. The molecule has 1 heterocycles. The van der Waals surface area contributed by atoms with Crippen LogP contribution in [-0.2, 0) is 22.6 Å². The lowest BCUT2D eigenvalue weighted by Gasteiger charge is -2.40. The van der Waals surface area contributed by atoms with Crippen molar-refractivity contribution >= 4 is 29.9 Å². The van der Waals surface area contributed by atoms with Crippen LogP contribution in [0.15, 0.2) is 23.2 Å². The van der Waals surface area contributed by atoms with Crippen molar-refractivity contribution in [1.82, 2.24) is 10.6 Å². The largest absolute Gasteiger partial charge is 0.380 e. The summed E-state index contributed by atoms with van der Waals surface area (Å²) in [6.07, 6.45) is 2.50. The molecule has 7 heteroatoms. The Kier molecular flexibility index (Phi) is 11.4. The quantitative estimate of drug-likeness (QED) is 0.316. The summed E-state index contributed by atoms with van der Waals surface area (Å²) in [5.41, 5.74) is 1.63. The van der Waals surface area contributed by atoms with E-state index in [4.69, 9.17) is 9.47 Å². The number of guanidine groups is 1. The van der Waals surface area contributed by atoms with E-state index in [1.165, 1.54) is 6.07 Å². The maximum absolute atomic E-state index is 13.8. The molecule has 2 rings (SSSR count). The molecule has 29 heavy (non-hydrogen) atoms. The molecule has 1 aliphatic rings. The Bertz CT molecular complexity index is 649. The van der Waals surface area contributed by atoms with Crippen LogP contribution in [0.2, 0.25) is 0 Å². The molecule has 166 valence electrons. The molecule has 0 saturated carbocycles. The highest BCUT2D eigenvalue weighted by Gasteiger charge is 2.35. The monoisotopic (exact) mass is 521 g/mol. The van der Waals surface area contributed by atoms with Crippen molar-refractivity contribution in [2.75, 3.05) is 26.8 Å². The van der Waals surface area contributed by atoms with Gasteiger partial charge in [0.2, 0.25) is 0 Å². The standard InChI is InChI=1S/C22H36FN3O2.HI/c1-6-24-21(25-13-16-9-10-19(23)18(12-16)15-27-5)26-14-17-8-7-11-28-20(17)22(2,3)4;/h9-10,12,17,20H,6-8,11,13-15H2,1-5H3,(H2,24,25,26);1H. The molecule has 2 unspecified atom stereocenters. The summed E-state index contributed by atoms with van der Waals surface area (Å²) in [5.74, 6) is 0.986. The van der Waals surface area contributed by atoms with E-state index in [0.29, 0.717) is 18.0 Å². The third-order valence-electron chi connectivity index (χ3n) is 5.00. The topological polar surface area (TPSA) is 54.9 Å². The SMILES string of the molecule is CCNC(=NCc1ccc(F)c(COC)c1)NCC1CCCOC1C(C)(C)C.I. The minimum atomic E-state index is -0.245. The van der Waals surface area contributed by atoms with Crippen LogP contribution in [0.4, 0.5) is 4.39 Å². The zero-order valence-corrected chi connectivity index (χ0v) is 20.7. The molecular weight excluding hydrogens is 484 g/mol. The zero-order valence-electron chi connectivity index (χ0n) is 18.4. The summed E-state index contributed by atoms with van der Waals surface area (Å²) in [4.78, 5) is 4.68. The fraction of sp³-hybridized carbons (Fsp3) is 0.682. The van der Waals surface area contributed by atoms with Gasteiger partial charge in [-0.2, -0.15) is 0 Å². The third-order valence-corrected chi connectivity index (χ3v) is 5.00. The highest BCUT2D eigenvalue weighted by molar-refractivity contribution is 14.0. The van der Waals surface area contributed by atoms with Gasteiger partial charge in [0.25, 0.3) is 0 Å². The van der Waals surface area contributed by atoms with Crippen molar-refractivity contribution in [3.63, 3.8) is 0 Å². The lowest BCUT2D eigenvalue weighted by atomic mass is 9.78. The second-order valence-corrected chi connectivity index (χ2v) is 8.49. The Labute approximate surface area is 192 Å². The van der Waals surface area contributed by atoms with Gasteiger partial charge < -0.3 is 20.1 Å². The first kappa shape index (κ1) is 26.1. The van der Waals surface area contributed by atoms with E-state index in [0.717, 1.165) is 44.1 Å². The number of hydrogen-bond donors (Lipinski definition) is 2. The fourth-order valence-corrected chi connectivity index (χ4v) is 3.74. The number of ether oxygens (including phenoxy) is 2. The van der Waals surface area contributed by atoms with E-state index in [1.807, 2.05) is 13.0 Å². The van der Waals surface area contributed by atoms with E-state index in [-0.39, 0.29) is 47.9 Å². The Morgan fingerprint density at radius 3 is 2.72 bits per heavy atom. The van der Waals surface area contributed by atoms with Gasteiger partial charge >= 0.3 is 0 Å². The second kappa shape index (κ2) is 12.7. The molecule has 5 nitrogen and oxygen atoms in total. The van der Waals surface area contributed by atoms with Gasteiger partial charge in [0.15, 0.2) is 5.96 Å². The molecule has 1 saturated heterocycles. The average Bonchev–Trinajstić information content (AvgIpc) is 2.66. The van der Waals surface area contributed by atoms with Crippen LogP contribution in [0, 0.1) is 17.2 Å². The number of benzene rings is 1. The van der Waals surface area contributed by atoms with Crippen LogP contribution in [0.5, 0.6) is 0 Å². The van der Waals surface area contributed by atoms with Crippen molar-refractivity contribution in [3.05, 3.63) is 35.1 Å². The normalized spacial score (nSPS) is 20.1. The van der Waals surface area contributed by atoms with Gasteiger partial charge in [-0.1, -0.05) is 26.8 Å². The summed E-state index contributed by atoms with van der Waals surface area (Å²) in [6.45, 7) is 12.0. The lowest BCUT2D eigenvalue weighted by Crippen LogP contribution is -2.47. The summed E-state index contributed by atoms with van der Waals surface area (Å²) < 4.78 is 24.9. The maximum Gasteiger partial charge on any atom is 0.191 e. The number of nitrogens with zero attached hydrogens (tertiary/aromatic N) is 1. The Morgan fingerprint density at radius 1 is 1.31 bits per heavy atom. The van der Waals surface area contributed by atoms with Crippen LogP contribution < -0.4 is 10.6 Å². The van der Waals surface area contributed by atoms with Gasteiger partial charge in [0.05, 0.1) is 19.3 Å². The summed E-state index contributed by atoms with van der Waals surface area (Å²) >= 11 is 0. The van der Waals surface area contributed by atoms with Crippen molar-refractivity contribution in [2.45, 2.75) is 59.8 Å². The van der Waals surface area contributed by atoms with Crippen molar-refractivity contribution < 1.29 is 13.9 Å². The average molecular weight is 521 g/mol. The van der Waals surface area contributed by atoms with E-state index in [2.05, 4.69) is 36.4 Å². The van der Waals surface area contributed by atoms with Gasteiger partial charge in [-0.05, 0) is 42.9 Å². The molecule has 2 N–H and O–H groups in total. The highest BCUT2D eigenvalue weighted by atomic mass is 127. The molecule has 0 radical (unpaired) electrons. The van der Waals surface area contributed by atoms with E-state index < -0.39 is 0 Å². The molecule has 0 amide bonds. The third kappa shape index (κ3) is 8.38. The first-order valence-electron chi connectivity index (χ1n) is 10.2. The first-order chi connectivity index (χ1) is 13.3. The molecule has 1 aromatic carbocycles. The minimum Gasteiger partial charge on any atom is -0.380 e. The molecule has 0 aliphatic carbocycles. The number of rotatable bonds is 7. The summed E-state index contributed by atoms with van der Waals surface area (Å²) in [6, 6.07) is 5.07. The molecule has 1 aliphatic heterocycles. The van der Waals surface area contributed by atoms with Gasteiger partial charge in [0.1, 0.15) is 5.82 Å². The number of methoxy groups -OCH3 is 1. The first-order valence-corrected chi connectivity index (χ1v) is 10.2. The predicted molar refractivity (Wildman–Crippen MR) is 127 cm³/mol. The zero-order chi connectivity index (χ0) is 20.6. The van der Waals surface area contributed by atoms with Crippen LogP contribution >= 0.6 is 24.0 Å². The smallest absolute Gasteiger partial charge is 0.191 e. The molecule has 2 atom stereocenters.